The second-order valence-corrected chi connectivity index (χ2v) is 6.34. The molecule has 0 aliphatic carbocycles. The number of aryl methyl sites for hydroxylation is 1. The van der Waals surface area contributed by atoms with E-state index in [0.29, 0.717) is 12.1 Å². The van der Waals surface area contributed by atoms with Gasteiger partial charge in [-0.05, 0) is 6.07 Å². The predicted octanol–water partition coefficient (Wildman–Crippen LogP) is 0.239. The number of benzene rings is 1. The molecule has 1 aromatic heterocycles. The first-order valence-electron chi connectivity index (χ1n) is 8.36. The summed E-state index contributed by atoms with van der Waals surface area (Å²) in [4.78, 5) is 26.6. The Hall–Kier alpha value is -2.38. The molecular formula is C18H24N4O3. The van der Waals surface area contributed by atoms with Crippen LogP contribution in [-0.4, -0.2) is 40.8 Å². The minimum absolute atomic E-state index is 0.104. The highest BCUT2D eigenvalue weighted by Crippen LogP contribution is 2.30. The maximum absolute atomic E-state index is 12.5. The van der Waals surface area contributed by atoms with E-state index in [9.17, 15) is 9.59 Å². The molecule has 1 saturated heterocycles. The molecule has 7 nitrogen and oxygen atoms in total. The number of para-hydroxylation sites is 1. The molecule has 0 radical (unpaired) electrons. The minimum atomic E-state index is -0.310. The fourth-order valence-corrected chi connectivity index (χ4v) is 3.39. The van der Waals surface area contributed by atoms with Crippen LogP contribution >= 0.6 is 0 Å². The number of rotatable bonds is 4. The van der Waals surface area contributed by atoms with Crippen molar-refractivity contribution in [1.29, 1.82) is 0 Å². The first-order valence-corrected chi connectivity index (χ1v) is 8.36. The van der Waals surface area contributed by atoms with Crippen molar-refractivity contribution < 1.29 is 4.74 Å². The Morgan fingerprint density at radius 2 is 2.00 bits per heavy atom. The molecule has 2 aromatic rings. The molecule has 1 aliphatic rings. The quantitative estimate of drug-likeness (QED) is 0.861. The zero-order chi connectivity index (χ0) is 18.0. The van der Waals surface area contributed by atoms with E-state index >= 15 is 0 Å². The van der Waals surface area contributed by atoms with Gasteiger partial charge in [-0.25, -0.2) is 4.79 Å². The molecule has 2 heterocycles. The van der Waals surface area contributed by atoms with Crippen LogP contribution in [0.1, 0.15) is 17.2 Å². The molecule has 25 heavy (non-hydrogen) atoms. The largest absolute Gasteiger partial charge is 0.496 e. The molecule has 0 spiro atoms. The van der Waals surface area contributed by atoms with Gasteiger partial charge in [-0.1, -0.05) is 18.2 Å². The Morgan fingerprint density at radius 3 is 2.76 bits per heavy atom. The number of aromatic nitrogens is 2. The zero-order valence-corrected chi connectivity index (χ0v) is 14.9. The van der Waals surface area contributed by atoms with E-state index in [1.165, 1.54) is 11.6 Å². The van der Waals surface area contributed by atoms with Gasteiger partial charge in [0.1, 0.15) is 5.75 Å². The standard InChI is InChI=1S/C18H24N4O3/c1-20-11-13(17(23)21(2)18(20)24)12-22-9-8-19-10-15(22)14-6-4-5-7-16(14)25-3/h4-7,11,15,19H,8-10,12H2,1-3H3. The average molecular weight is 344 g/mol. The lowest BCUT2D eigenvalue weighted by atomic mass is 10.0. The number of hydrogen-bond donors (Lipinski definition) is 1. The number of methoxy groups -OCH3 is 1. The van der Waals surface area contributed by atoms with Crippen LogP contribution in [0.5, 0.6) is 5.75 Å². The van der Waals surface area contributed by atoms with Crippen molar-refractivity contribution >= 4 is 0 Å². The molecule has 134 valence electrons. The van der Waals surface area contributed by atoms with E-state index < -0.39 is 0 Å². The lowest BCUT2D eigenvalue weighted by molar-refractivity contribution is 0.150. The SMILES string of the molecule is COc1ccccc1C1CNCCN1Cc1cn(C)c(=O)n(C)c1=O. The van der Waals surface area contributed by atoms with Gasteiger partial charge < -0.3 is 14.6 Å². The predicted molar refractivity (Wildman–Crippen MR) is 95.9 cm³/mol. The molecule has 1 fully saturated rings. The summed E-state index contributed by atoms with van der Waals surface area (Å²) < 4.78 is 8.13. The monoisotopic (exact) mass is 344 g/mol. The first kappa shape index (κ1) is 17.4. The van der Waals surface area contributed by atoms with E-state index in [4.69, 9.17) is 4.74 Å². The minimum Gasteiger partial charge on any atom is -0.496 e. The highest BCUT2D eigenvalue weighted by Gasteiger charge is 2.27. The van der Waals surface area contributed by atoms with Gasteiger partial charge in [-0.2, -0.15) is 0 Å². The van der Waals surface area contributed by atoms with E-state index in [-0.39, 0.29) is 17.3 Å². The molecule has 0 bridgehead atoms. The van der Waals surface area contributed by atoms with Crippen molar-refractivity contribution in [2.45, 2.75) is 12.6 Å². The van der Waals surface area contributed by atoms with Gasteiger partial charge in [-0.3, -0.25) is 14.3 Å². The molecule has 7 heteroatoms. The normalized spacial score (nSPS) is 18.3. The summed E-state index contributed by atoms with van der Waals surface area (Å²) >= 11 is 0. The topological polar surface area (TPSA) is 68.5 Å². The van der Waals surface area contributed by atoms with E-state index in [1.807, 2.05) is 18.2 Å². The maximum Gasteiger partial charge on any atom is 0.330 e. The van der Waals surface area contributed by atoms with Crippen LogP contribution in [0.15, 0.2) is 40.1 Å². The van der Waals surface area contributed by atoms with E-state index in [1.54, 1.807) is 20.4 Å². The average Bonchev–Trinajstić information content (AvgIpc) is 2.64. The lowest BCUT2D eigenvalue weighted by Gasteiger charge is -2.37. The van der Waals surface area contributed by atoms with Crippen LogP contribution in [0.25, 0.3) is 0 Å². The molecule has 1 aliphatic heterocycles. The van der Waals surface area contributed by atoms with Gasteiger partial charge in [0, 0.05) is 57.6 Å². The van der Waals surface area contributed by atoms with Crippen LogP contribution in [0.4, 0.5) is 0 Å². The molecule has 0 saturated carbocycles. The Balaban J connectivity index is 1.95. The van der Waals surface area contributed by atoms with Crippen molar-refractivity contribution in [1.82, 2.24) is 19.4 Å². The summed E-state index contributed by atoms with van der Waals surface area (Å²) in [5.41, 5.74) is 1.17. The third-order valence-corrected chi connectivity index (χ3v) is 4.74. The van der Waals surface area contributed by atoms with Crippen LogP contribution < -0.4 is 21.3 Å². The Bertz CT molecular complexity index is 871. The van der Waals surface area contributed by atoms with E-state index in [2.05, 4.69) is 16.3 Å². The van der Waals surface area contributed by atoms with Crippen molar-refractivity contribution in [3.8, 4) is 5.75 Å². The third-order valence-electron chi connectivity index (χ3n) is 4.74. The van der Waals surface area contributed by atoms with Crippen LogP contribution in [-0.2, 0) is 20.6 Å². The van der Waals surface area contributed by atoms with Gasteiger partial charge in [0.2, 0.25) is 0 Å². The smallest absolute Gasteiger partial charge is 0.330 e. The molecule has 1 unspecified atom stereocenters. The maximum atomic E-state index is 12.5. The number of hydrogen-bond acceptors (Lipinski definition) is 5. The van der Waals surface area contributed by atoms with Crippen molar-refractivity contribution in [3.05, 3.63) is 62.4 Å². The highest BCUT2D eigenvalue weighted by molar-refractivity contribution is 5.36. The fraction of sp³-hybridized carbons (Fsp3) is 0.444. The molecule has 1 aromatic carbocycles. The molecule has 1 atom stereocenters. The number of ether oxygens (including phenoxy) is 1. The molecular weight excluding hydrogens is 320 g/mol. The summed E-state index contributed by atoms with van der Waals surface area (Å²) in [7, 11) is 4.85. The molecule has 3 rings (SSSR count). The summed E-state index contributed by atoms with van der Waals surface area (Å²) in [5, 5.41) is 3.41. The number of piperazine rings is 1. The lowest BCUT2D eigenvalue weighted by Crippen LogP contribution is -2.47. The van der Waals surface area contributed by atoms with Gasteiger partial charge in [-0.15, -0.1) is 0 Å². The van der Waals surface area contributed by atoms with Gasteiger partial charge in [0.05, 0.1) is 13.2 Å². The molecule has 1 N–H and O–H groups in total. The number of nitrogens with zero attached hydrogens (tertiary/aromatic N) is 3. The summed E-state index contributed by atoms with van der Waals surface area (Å²) in [6.45, 7) is 2.95. The van der Waals surface area contributed by atoms with Crippen molar-refractivity contribution in [2.24, 2.45) is 14.1 Å². The van der Waals surface area contributed by atoms with Crippen LogP contribution in [0, 0.1) is 0 Å². The first-order chi connectivity index (χ1) is 12.0. The third kappa shape index (κ3) is 3.38. The van der Waals surface area contributed by atoms with Crippen molar-refractivity contribution in [3.63, 3.8) is 0 Å². The van der Waals surface area contributed by atoms with Crippen LogP contribution in [0.2, 0.25) is 0 Å². The summed E-state index contributed by atoms with van der Waals surface area (Å²) in [6, 6.07) is 8.06. The molecule has 0 amide bonds. The number of nitrogens with one attached hydrogen (secondary N) is 1. The second kappa shape index (κ2) is 7.25. The highest BCUT2D eigenvalue weighted by atomic mass is 16.5. The Kier molecular flexibility index (Phi) is 5.06. The summed E-state index contributed by atoms with van der Waals surface area (Å²) in [6.07, 6.45) is 1.64. The van der Waals surface area contributed by atoms with E-state index in [0.717, 1.165) is 35.5 Å². The fourth-order valence-electron chi connectivity index (χ4n) is 3.39. The van der Waals surface area contributed by atoms with Crippen LogP contribution in [0.3, 0.4) is 0 Å². The Morgan fingerprint density at radius 1 is 1.24 bits per heavy atom. The van der Waals surface area contributed by atoms with Gasteiger partial charge >= 0.3 is 5.69 Å². The van der Waals surface area contributed by atoms with Gasteiger partial charge in [0.25, 0.3) is 5.56 Å². The zero-order valence-electron chi connectivity index (χ0n) is 14.9. The van der Waals surface area contributed by atoms with Gasteiger partial charge in [0.15, 0.2) is 0 Å². The Labute approximate surface area is 146 Å². The summed E-state index contributed by atoms with van der Waals surface area (Å²) in [5.74, 6) is 0.842. The van der Waals surface area contributed by atoms with Crippen molar-refractivity contribution in [2.75, 3.05) is 26.7 Å². The second-order valence-electron chi connectivity index (χ2n) is 6.34.